The van der Waals surface area contributed by atoms with Crippen molar-refractivity contribution in [3.63, 3.8) is 0 Å². The maximum atomic E-state index is 4.17. The molecule has 2 rings (SSSR count). The molecule has 0 unspecified atom stereocenters. The van der Waals surface area contributed by atoms with Crippen molar-refractivity contribution in [2.75, 3.05) is 0 Å². The second kappa shape index (κ2) is 2.55. The number of hydrogen-bond donors (Lipinski definition) is 1. The van der Waals surface area contributed by atoms with E-state index in [0.717, 1.165) is 16.7 Å². The number of H-pyrrole nitrogens is 1. The molecule has 0 spiro atoms. The largest absolute Gasteiger partial charge is 0.279 e. The predicted octanol–water partition coefficient (Wildman–Crippen LogP) is 2.26. The lowest BCUT2D eigenvalue weighted by atomic mass is 9.90. The molecule has 0 aliphatic rings. The number of nitrogens with one attached hydrogen (secondary N) is 1. The second-order valence-electron chi connectivity index (χ2n) is 4.22. The van der Waals surface area contributed by atoms with Crippen LogP contribution in [-0.2, 0) is 5.41 Å². The molecule has 1 N–H and O–H groups in total. The van der Waals surface area contributed by atoms with E-state index in [4.69, 9.17) is 0 Å². The fourth-order valence-electron chi connectivity index (χ4n) is 1.42. The van der Waals surface area contributed by atoms with E-state index in [0.29, 0.717) is 0 Å². The highest BCUT2D eigenvalue weighted by Crippen LogP contribution is 2.26. The quantitative estimate of drug-likeness (QED) is 0.667. The highest BCUT2D eigenvalue weighted by molar-refractivity contribution is 5.78. The van der Waals surface area contributed by atoms with Crippen LogP contribution in [0.5, 0.6) is 0 Å². The first-order valence-corrected chi connectivity index (χ1v) is 4.38. The molecule has 0 atom stereocenters. The first kappa shape index (κ1) is 8.23. The van der Waals surface area contributed by atoms with Gasteiger partial charge in [0.1, 0.15) is 0 Å². The van der Waals surface area contributed by atoms with Crippen LogP contribution < -0.4 is 0 Å². The Labute approximate surface area is 77.2 Å². The van der Waals surface area contributed by atoms with E-state index >= 15 is 0 Å². The summed E-state index contributed by atoms with van der Waals surface area (Å²) in [5.74, 6) is 0. The molecule has 0 saturated heterocycles. The summed E-state index contributed by atoms with van der Waals surface area (Å²) in [7, 11) is 0. The zero-order valence-corrected chi connectivity index (χ0v) is 8.13. The van der Waals surface area contributed by atoms with Gasteiger partial charge >= 0.3 is 0 Å². The first-order chi connectivity index (χ1) is 6.09. The molecule has 0 radical (unpaired) electrons. The summed E-state index contributed by atoms with van der Waals surface area (Å²) in [5, 5.41) is 8.31. The lowest BCUT2D eigenvalue weighted by Gasteiger charge is -2.15. The van der Waals surface area contributed by atoms with Gasteiger partial charge in [0, 0.05) is 17.0 Å². The van der Waals surface area contributed by atoms with Crippen molar-refractivity contribution in [2.24, 2.45) is 0 Å². The number of nitrogens with zero attached hydrogens (tertiary/aromatic N) is 2. The molecule has 68 valence electrons. The third-order valence-corrected chi connectivity index (χ3v) is 2.08. The van der Waals surface area contributed by atoms with E-state index in [9.17, 15) is 0 Å². The summed E-state index contributed by atoms with van der Waals surface area (Å²) >= 11 is 0. The minimum Gasteiger partial charge on any atom is -0.279 e. The maximum Gasteiger partial charge on any atom is 0.181 e. The van der Waals surface area contributed by atoms with Gasteiger partial charge in [0.05, 0.1) is 5.69 Å². The molecular formula is C10H13N3. The van der Waals surface area contributed by atoms with Gasteiger partial charge in [0.2, 0.25) is 0 Å². The van der Waals surface area contributed by atoms with Crippen molar-refractivity contribution in [2.45, 2.75) is 26.2 Å². The van der Waals surface area contributed by atoms with Crippen molar-refractivity contribution in [1.29, 1.82) is 0 Å². The van der Waals surface area contributed by atoms with Gasteiger partial charge in [-0.1, -0.05) is 20.8 Å². The van der Waals surface area contributed by atoms with E-state index in [1.807, 2.05) is 12.1 Å². The van der Waals surface area contributed by atoms with Crippen molar-refractivity contribution in [1.82, 2.24) is 15.2 Å². The highest BCUT2D eigenvalue weighted by atomic mass is 15.1. The van der Waals surface area contributed by atoms with E-state index in [1.54, 1.807) is 6.20 Å². The number of rotatable bonds is 0. The Kier molecular flexibility index (Phi) is 1.62. The molecule has 2 heterocycles. The Hall–Kier alpha value is -1.38. The predicted molar refractivity (Wildman–Crippen MR) is 52.6 cm³/mol. The van der Waals surface area contributed by atoms with Crippen LogP contribution in [0.15, 0.2) is 18.3 Å². The fraction of sp³-hybridized carbons (Fsp3) is 0.400. The van der Waals surface area contributed by atoms with Crippen LogP contribution in [0.1, 0.15) is 26.5 Å². The molecule has 0 aliphatic heterocycles. The lowest BCUT2D eigenvalue weighted by Crippen LogP contribution is -2.11. The number of aromatic nitrogens is 3. The summed E-state index contributed by atoms with van der Waals surface area (Å²) in [6, 6.07) is 3.99. The van der Waals surface area contributed by atoms with Crippen molar-refractivity contribution < 1.29 is 0 Å². The molecule has 0 aromatic carbocycles. The van der Waals surface area contributed by atoms with Crippen molar-refractivity contribution in [3.05, 3.63) is 24.0 Å². The van der Waals surface area contributed by atoms with Gasteiger partial charge in [-0.3, -0.25) is 5.10 Å². The van der Waals surface area contributed by atoms with E-state index < -0.39 is 0 Å². The number of hydrogen-bond acceptors (Lipinski definition) is 2. The summed E-state index contributed by atoms with van der Waals surface area (Å²) < 4.78 is 0. The molecule has 2 aromatic heterocycles. The molecule has 3 nitrogen and oxygen atoms in total. The van der Waals surface area contributed by atoms with Crippen LogP contribution in [0.4, 0.5) is 0 Å². The summed E-state index contributed by atoms with van der Waals surface area (Å²) in [4.78, 5) is 4.17. The van der Waals surface area contributed by atoms with Crippen LogP contribution in [0.2, 0.25) is 0 Å². The Morgan fingerprint density at radius 1 is 1.31 bits per heavy atom. The van der Waals surface area contributed by atoms with Crippen molar-refractivity contribution >= 4 is 11.0 Å². The average molecular weight is 175 g/mol. The van der Waals surface area contributed by atoms with Crippen molar-refractivity contribution in [3.8, 4) is 0 Å². The molecule has 13 heavy (non-hydrogen) atoms. The summed E-state index contributed by atoms with van der Waals surface area (Å²) in [6.45, 7) is 6.48. The first-order valence-electron chi connectivity index (χ1n) is 4.38. The molecule has 0 amide bonds. The van der Waals surface area contributed by atoms with E-state index in [-0.39, 0.29) is 5.41 Å². The molecule has 0 saturated carbocycles. The Morgan fingerprint density at radius 2 is 2.08 bits per heavy atom. The number of fused-ring (bicyclic) bond motifs is 1. The fourth-order valence-corrected chi connectivity index (χ4v) is 1.42. The lowest BCUT2D eigenvalue weighted by molar-refractivity contribution is 0.571. The smallest absolute Gasteiger partial charge is 0.181 e. The third-order valence-electron chi connectivity index (χ3n) is 2.08. The SMILES string of the molecule is CC(C)(C)c1[nH]nc2ncccc12. The topological polar surface area (TPSA) is 41.6 Å². The van der Waals surface area contributed by atoms with Crippen LogP contribution in [0.25, 0.3) is 11.0 Å². The number of aromatic amines is 1. The zero-order chi connectivity index (χ0) is 9.47. The van der Waals surface area contributed by atoms with Crippen LogP contribution >= 0.6 is 0 Å². The molecule has 0 aliphatic carbocycles. The van der Waals surface area contributed by atoms with Gasteiger partial charge in [0.15, 0.2) is 5.65 Å². The minimum atomic E-state index is 0.0950. The van der Waals surface area contributed by atoms with Crippen LogP contribution in [0.3, 0.4) is 0 Å². The Bertz CT molecular complexity index is 423. The molecular weight excluding hydrogens is 162 g/mol. The molecule has 2 aromatic rings. The van der Waals surface area contributed by atoms with Crippen LogP contribution in [0, 0.1) is 0 Å². The summed E-state index contributed by atoms with van der Waals surface area (Å²) in [5.41, 5.74) is 2.04. The maximum absolute atomic E-state index is 4.17. The minimum absolute atomic E-state index is 0.0950. The molecule has 3 heteroatoms. The second-order valence-corrected chi connectivity index (χ2v) is 4.22. The monoisotopic (exact) mass is 175 g/mol. The van der Waals surface area contributed by atoms with Gasteiger partial charge in [-0.2, -0.15) is 5.10 Å². The summed E-state index contributed by atoms with van der Waals surface area (Å²) in [6.07, 6.45) is 1.76. The molecule has 0 fully saturated rings. The van der Waals surface area contributed by atoms with Gasteiger partial charge in [-0.25, -0.2) is 4.98 Å². The van der Waals surface area contributed by atoms with Crippen LogP contribution in [-0.4, -0.2) is 15.2 Å². The number of pyridine rings is 1. The van der Waals surface area contributed by atoms with Gasteiger partial charge in [-0.05, 0) is 12.1 Å². The zero-order valence-electron chi connectivity index (χ0n) is 8.13. The highest BCUT2D eigenvalue weighted by Gasteiger charge is 2.19. The molecule has 0 bridgehead atoms. The van der Waals surface area contributed by atoms with Gasteiger partial charge < -0.3 is 0 Å². The third kappa shape index (κ3) is 1.30. The Balaban J connectivity index is 2.72. The van der Waals surface area contributed by atoms with E-state index in [1.165, 1.54) is 0 Å². The average Bonchev–Trinajstić information content (AvgIpc) is 2.45. The Morgan fingerprint density at radius 3 is 2.77 bits per heavy atom. The standard InChI is InChI=1S/C10H13N3/c1-10(2,3)8-7-5-4-6-11-9(7)13-12-8/h4-6H,1-3H3,(H,11,12,13). The van der Waals surface area contributed by atoms with Gasteiger partial charge in [-0.15, -0.1) is 0 Å². The normalized spacial score (nSPS) is 12.2. The van der Waals surface area contributed by atoms with E-state index in [2.05, 4.69) is 36.0 Å². The van der Waals surface area contributed by atoms with Gasteiger partial charge in [0.25, 0.3) is 0 Å².